The van der Waals surface area contributed by atoms with Crippen molar-refractivity contribution in [3.63, 3.8) is 0 Å². The standard InChI is InChI=1S/C18H19NO2/c1-4-14-10-11-17(16(12-14)18(20)19(2)3)21-13-15-8-6-5-7-9-15/h4-12H,1,13H2,2-3H3. The fourth-order valence-electron chi connectivity index (χ4n) is 1.94. The summed E-state index contributed by atoms with van der Waals surface area (Å²) >= 11 is 0. The van der Waals surface area contributed by atoms with Gasteiger partial charge in [-0.1, -0.05) is 49.1 Å². The van der Waals surface area contributed by atoms with Crippen molar-refractivity contribution in [3.05, 3.63) is 71.8 Å². The fourth-order valence-corrected chi connectivity index (χ4v) is 1.94. The summed E-state index contributed by atoms with van der Waals surface area (Å²) in [4.78, 5) is 13.8. The molecule has 2 aromatic carbocycles. The predicted molar refractivity (Wildman–Crippen MR) is 85.3 cm³/mol. The zero-order chi connectivity index (χ0) is 15.2. The number of hydrogen-bond acceptors (Lipinski definition) is 2. The van der Waals surface area contributed by atoms with Crippen LogP contribution >= 0.6 is 0 Å². The third-order valence-corrected chi connectivity index (χ3v) is 3.11. The molecule has 21 heavy (non-hydrogen) atoms. The minimum absolute atomic E-state index is 0.0817. The van der Waals surface area contributed by atoms with Crippen LogP contribution in [0.5, 0.6) is 5.75 Å². The van der Waals surface area contributed by atoms with Gasteiger partial charge in [-0.15, -0.1) is 0 Å². The third kappa shape index (κ3) is 3.72. The van der Waals surface area contributed by atoms with Crippen LogP contribution in [0.2, 0.25) is 0 Å². The lowest BCUT2D eigenvalue weighted by Gasteiger charge is -2.15. The molecule has 2 aromatic rings. The predicted octanol–water partition coefficient (Wildman–Crippen LogP) is 3.61. The van der Waals surface area contributed by atoms with Gasteiger partial charge in [0.2, 0.25) is 0 Å². The van der Waals surface area contributed by atoms with Crippen molar-refractivity contribution in [2.24, 2.45) is 0 Å². The number of carbonyl (C=O) groups excluding carboxylic acids is 1. The SMILES string of the molecule is C=Cc1ccc(OCc2ccccc2)c(C(=O)N(C)C)c1. The maximum Gasteiger partial charge on any atom is 0.257 e. The van der Waals surface area contributed by atoms with E-state index in [4.69, 9.17) is 4.74 Å². The average molecular weight is 281 g/mol. The molecule has 0 atom stereocenters. The van der Waals surface area contributed by atoms with Gasteiger partial charge in [-0.3, -0.25) is 4.79 Å². The molecule has 0 spiro atoms. The number of ether oxygens (including phenoxy) is 1. The van der Waals surface area contributed by atoms with Crippen LogP contribution in [-0.4, -0.2) is 24.9 Å². The van der Waals surface area contributed by atoms with E-state index in [0.717, 1.165) is 11.1 Å². The summed E-state index contributed by atoms with van der Waals surface area (Å²) in [6.45, 7) is 4.17. The minimum atomic E-state index is -0.0817. The van der Waals surface area contributed by atoms with Crippen molar-refractivity contribution < 1.29 is 9.53 Å². The van der Waals surface area contributed by atoms with Crippen molar-refractivity contribution in [2.45, 2.75) is 6.61 Å². The van der Waals surface area contributed by atoms with E-state index in [-0.39, 0.29) is 5.91 Å². The summed E-state index contributed by atoms with van der Waals surface area (Å²) in [6.07, 6.45) is 1.72. The van der Waals surface area contributed by atoms with Crippen LogP contribution in [0.4, 0.5) is 0 Å². The summed E-state index contributed by atoms with van der Waals surface area (Å²) in [5.41, 5.74) is 2.51. The van der Waals surface area contributed by atoms with E-state index in [2.05, 4.69) is 6.58 Å². The molecule has 0 aliphatic carbocycles. The van der Waals surface area contributed by atoms with Gasteiger partial charge < -0.3 is 9.64 Å². The van der Waals surface area contributed by atoms with Crippen LogP contribution in [0, 0.1) is 0 Å². The van der Waals surface area contributed by atoms with Crippen LogP contribution in [0.15, 0.2) is 55.1 Å². The largest absolute Gasteiger partial charge is 0.488 e. The molecule has 3 heteroatoms. The Hall–Kier alpha value is -2.55. The molecule has 0 aliphatic rings. The fraction of sp³-hybridized carbons (Fsp3) is 0.167. The van der Waals surface area contributed by atoms with Gasteiger partial charge in [-0.05, 0) is 23.3 Å². The molecular weight excluding hydrogens is 262 g/mol. The lowest BCUT2D eigenvalue weighted by Crippen LogP contribution is -2.22. The number of hydrogen-bond donors (Lipinski definition) is 0. The highest BCUT2D eigenvalue weighted by Gasteiger charge is 2.15. The Morgan fingerprint density at radius 2 is 1.90 bits per heavy atom. The lowest BCUT2D eigenvalue weighted by atomic mass is 10.1. The molecule has 2 rings (SSSR count). The van der Waals surface area contributed by atoms with Gasteiger partial charge in [-0.2, -0.15) is 0 Å². The molecule has 0 bridgehead atoms. The van der Waals surface area contributed by atoms with Gasteiger partial charge in [0.15, 0.2) is 0 Å². The summed E-state index contributed by atoms with van der Waals surface area (Å²) in [6, 6.07) is 15.4. The number of nitrogens with zero attached hydrogens (tertiary/aromatic N) is 1. The minimum Gasteiger partial charge on any atom is -0.488 e. The molecule has 1 amide bonds. The molecule has 108 valence electrons. The second-order valence-corrected chi connectivity index (χ2v) is 4.93. The molecule has 0 saturated carbocycles. The van der Waals surface area contributed by atoms with Crippen molar-refractivity contribution in [3.8, 4) is 5.75 Å². The van der Waals surface area contributed by atoms with Crippen LogP contribution in [0.25, 0.3) is 6.08 Å². The van der Waals surface area contributed by atoms with Crippen molar-refractivity contribution in [1.29, 1.82) is 0 Å². The van der Waals surface area contributed by atoms with E-state index >= 15 is 0 Å². The van der Waals surface area contributed by atoms with Gasteiger partial charge >= 0.3 is 0 Å². The Bertz CT molecular complexity index is 633. The summed E-state index contributed by atoms with van der Waals surface area (Å²) in [5, 5.41) is 0. The van der Waals surface area contributed by atoms with E-state index in [1.54, 1.807) is 26.2 Å². The quantitative estimate of drug-likeness (QED) is 0.838. The molecular formula is C18H19NO2. The maximum absolute atomic E-state index is 12.3. The second-order valence-electron chi connectivity index (χ2n) is 4.93. The van der Waals surface area contributed by atoms with Crippen molar-refractivity contribution >= 4 is 12.0 Å². The average Bonchev–Trinajstić information content (AvgIpc) is 2.53. The van der Waals surface area contributed by atoms with E-state index in [1.165, 1.54) is 4.90 Å². The number of benzene rings is 2. The Morgan fingerprint density at radius 3 is 2.52 bits per heavy atom. The Morgan fingerprint density at radius 1 is 1.19 bits per heavy atom. The van der Waals surface area contributed by atoms with E-state index in [9.17, 15) is 4.79 Å². The molecule has 0 fully saturated rings. The normalized spacial score (nSPS) is 10.0. The molecule has 0 aliphatic heterocycles. The highest BCUT2D eigenvalue weighted by molar-refractivity contribution is 5.97. The molecule has 0 saturated heterocycles. The first-order valence-electron chi connectivity index (χ1n) is 6.76. The highest BCUT2D eigenvalue weighted by Crippen LogP contribution is 2.23. The van der Waals surface area contributed by atoms with E-state index in [1.807, 2.05) is 42.5 Å². The molecule has 0 heterocycles. The molecule has 0 radical (unpaired) electrons. The van der Waals surface area contributed by atoms with Crippen molar-refractivity contribution in [1.82, 2.24) is 4.90 Å². The van der Waals surface area contributed by atoms with E-state index < -0.39 is 0 Å². The number of amides is 1. The Balaban J connectivity index is 2.25. The zero-order valence-electron chi connectivity index (χ0n) is 12.4. The van der Waals surface area contributed by atoms with Crippen LogP contribution in [0.1, 0.15) is 21.5 Å². The topological polar surface area (TPSA) is 29.5 Å². The van der Waals surface area contributed by atoms with Gasteiger partial charge in [0, 0.05) is 14.1 Å². The Kier molecular flexibility index (Phi) is 4.77. The number of rotatable bonds is 5. The first kappa shape index (κ1) is 14.9. The molecule has 0 unspecified atom stereocenters. The van der Waals surface area contributed by atoms with Gasteiger partial charge in [0.05, 0.1) is 5.56 Å². The van der Waals surface area contributed by atoms with Crippen LogP contribution in [-0.2, 0) is 6.61 Å². The number of carbonyl (C=O) groups is 1. The van der Waals surface area contributed by atoms with Gasteiger partial charge in [0.1, 0.15) is 12.4 Å². The van der Waals surface area contributed by atoms with Gasteiger partial charge in [0.25, 0.3) is 5.91 Å². The zero-order valence-corrected chi connectivity index (χ0v) is 12.4. The molecule has 0 N–H and O–H groups in total. The van der Waals surface area contributed by atoms with Crippen molar-refractivity contribution in [2.75, 3.05) is 14.1 Å². The molecule has 0 aromatic heterocycles. The third-order valence-electron chi connectivity index (χ3n) is 3.11. The second kappa shape index (κ2) is 6.75. The monoisotopic (exact) mass is 281 g/mol. The summed E-state index contributed by atoms with van der Waals surface area (Å²) in [7, 11) is 3.45. The van der Waals surface area contributed by atoms with Crippen LogP contribution in [0.3, 0.4) is 0 Å². The highest BCUT2D eigenvalue weighted by atomic mass is 16.5. The first-order chi connectivity index (χ1) is 10.1. The smallest absolute Gasteiger partial charge is 0.257 e. The first-order valence-corrected chi connectivity index (χ1v) is 6.76. The summed E-state index contributed by atoms with van der Waals surface area (Å²) in [5.74, 6) is 0.505. The lowest BCUT2D eigenvalue weighted by molar-refractivity contribution is 0.0822. The Labute approximate surface area is 125 Å². The van der Waals surface area contributed by atoms with Gasteiger partial charge in [-0.25, -0.2) is 0 Å². The maximum atomic E-state index is 12.3. The molecule has 3 nitrogen and oxygen atoms in total. The van der Waals surface area contributed by atoms with Crippen LogP contribution < -0.4 is 4.74 Å². The van der Waals surface area contributed by atoms with E-state index in [0.29, 0.717) is 17.9 Å². The summed E-state index contributed by atoms with van der Waals surface area (Å²) < 4.78 is 5.81.